The molecule has 0 unspecified atom stereocenters. The Morgan fingerprint density at radius 2 is 2.16 bits per heavy atom. The Bertz CT molecular complexity index is 539. The summed E-state index contributed by atoms with van der Waals surface area (Å²) in [5.74, 6) is 1.14. The van der Waals surface area contributed by atoms with Crippen LogP contribution in [0.15, 0.2) is 33.4 Å². The number of carbonyl (C=O) groups is 1. The lowest BCUT2D eigenvalue weighted by Gasteiger charge is -2.19. The number of hydrogen-bond acceptors (Lipinski definition) is 4. The summed E-state index contributed by atoms with van der Waals surface area (Å²) in [6.07, 6.45) is 6.99. The van der Waals surface area contributed by atoms with Crippen molar-refractivity contribution in [3.63, 3.8) is 0 Å². The van der Waals surface area contributed by atoms with Gasteiger partial charge in [-0.15, -0.1) is 0 Å². The molecule has 5 heteroatoms. The van der Waals surface area contributed by atoms with Gasteiger partial charge in [0.25, 0.3) is 0 Å². The van der Waals surface area contributed by atoms with E-state index >= 15 is 0 Å². The Morgan fingerprint density at radius 3 is 2.89 bits per heavy atom. The third-order valence-corrected chi connectivity index (χ3v) is 3.51. The monoisotopic (exact) mass is 260 g/mol. The van der Waals surface area contributed by atoms with Gasteiger partial charge in [-0.05, 0) is 25.0 Å². The van der Waals surface area contributed by atoms with Gasteiger partial charge in [0.2, 0.25) is 11.8 Å². The number of aromatic nitrogens is 1. The number of nitrogens with one attached hydrogen (secondary N) is 1. The molecule has 3 rings (SSSR count). The van der Waals surface area contributed by atoms with Gasteiger partial charge < -0.3 is 8.94 Å². The van der Waals surface area contributed by atoms with Gasteiger partial charge in [-0.1, -0.05) is 24.4 Å². The number of furan rings is 1. The van der Waals surface area contributed by atoms with Crippen molar-refractivity contribution in [1.82, 2.24) is 5.16 Å². The van der Waals surface area contributed by atoms with Crippen LogP contribution in [-0.4, -0.2) is 11.1 Å². The van der Waals surface area contributed by atoms with E-state index in [1.165, 1.54) is 6.42 Å². The van der Waals surface area contributed by atoms with Crippen molar-refractivity contribution in [2.45, 2.75) is 32.1 Å². The molecule has 0 aromatic carbocycles. The highest BCUT2D eigenvalue weighted by Gasteiger charge is 2.22. The maximum Gasteiger partial charge on any atom is 0.231 e. The number of amides is 1. The van der Waals surface area contributed by atoms with Crippen molar-refractivity contribution < 1.29 is 13.7 Å². The van der Waals surface area contributed by atoms with Crippen molar-refractivity contribution >= 4 is 11.8 Å². The minimum Gasteiger partial charge on any atom is -0.463 e. The van der Waals surface area contributed by atoms with E-state index < -0.39 is 0 Å². The first-order valence-corrected chi connectivity index (χ1v) is 6.64. The molecule has 100 valence electrons. The molecule has 2 aromatic heterocycles. The first-order valence-electron chi connectivity index (χ1n) is 6.64. The lowest BCUT2D eigenvalue weighted by Crippen LogP contribution is -2.24. The van der Waals surface area contributed by atoms with Crippen LogP contribution in [0, 0.1) is 5.92 Å². The predicted molar refractivity (Wildman–Crippen MR) is 69.4 cm³/mol. The molecule has 2 heterocycles. The standard InChI is InChI=1S/C14H16N2O3/c17-14(10-5-2-1-3-6-10)15-13-9-11(16-19-13)12-7-4-8-18-12/h4,7-10H,1-3,5-6H2,(H,15,17). The maximum atomic E-state index is 12.0. The minimum absolute atomic E-state index is 0.0295. The molecule has 0 saturated heterocycles. The van der Waals surface area contributed by atoms with Crippen molar-refractivity contribution in [2.24, 2.45) is 5.92 Å². The highest BCUT2D eigenvalue weighted by molar-refractivity contribution is 5.91. The van der Waals surface area contributed by atoms with E-state index in [2.05, 4.69) is 10.5 Å². The molecule has 2 aromatic rings. The summed E-state index contributed by atoms with van der Waals surface area (Å²) in [6.45, 7) is 0. The molecule has 1 fully saturated rings. The van der Waals surface area contributed by atoms with Gasteiger partial charge >= 0.3 is 0 Å². The quantitative estimate of drug-likeness (QED) is 0.917. The molecule has 0 atom stereocenters. The Kier molecular flexibility index (Phi) is 3.35. The van der Waals surface area contributed by atoms with Crippen LogP contribution in [0.25, 0.3) is 11.5 Å². The van der Waals surface area contributed by atoms with Gasteiger partial charge in [-0.3, -0.25) is 10.1 Å². The number of hydrogen-bond donors (Lipinski definition) is 1. The first kappa shape index (κ1) is 12.0. The van der Waals surface area contributed by atoms with Gasteiger partial charge in [0.05, 0.1) is 6.26 Å². The molecular formula is C14H16N2O3. The normalized spacial score (nSPS) is 16.4. The highest BCUT2D eigenvalue weighted by atomic mass is 16.5. The van der Waals surface area contributed by atoms with Gasteiger partial charge in [-0.2, -0.15) is 0 Å². The smallest absolute Gasteiger partial charge is 0.231 e. The number of anilines is 1. The third kappa shape index (κ3) is 2.70. The molecule has 0 bridgehead atoms. The van der Waals surface area contributed by atoms with Crippen LogP contribution in [-0.2, 0) is 4.79 Å². The zero-order chi connectivity index (χ0) is 13.1. The topological polar surface area (TPSA) is 68.3 Å². The van der Waals surface area contributed by atoms with Crippen LogP contribution < -0.4 is 5.32 Å². The van der Waals surface area contributed by atoms with Gasteiger partial charge in [0.15, 0.2) is 11.5 Å². The molecule has 1 amide bonds. The zero-order valence-corrected chi connectivity index (χ0v) is 10.6. The van der Waals surface area contributed by atoms with Crippen molar-refractivity contribution in [2.75, 3.05) is 5.32 Å². The maximum absolute atomic E-state index is 12.0. The second kappa shape index (κ2) is 5.30. The van der Waals surface area contributed by atoms with Gasteiger partial charge in [0.1, 0.15) is 0 Å². The molecule has 19 heavy (non-hydrogen) atoms. The van der Waals surface area contributed by atoms with Crippen molar-refractivity contribution in [3.8, 4) is 11.5 Å². The summed E-state index contributed by atoms with van der Waals surface area (Å²) in [4.78, 5) is 12.0. The number of rotatable bonds is 3. The summed E-state index contributed by atoms with van der Waals surface area (Å²) >= 11 is 0. The van der Waals surface area contributed by atoms with Crippen LogP contribution in [0.2, 0.25) is 0 Å². The van der Waals surface area contributed by atoms with Gasteiger partial charge in [-0.25, -0.2) is 0 Å². The first-order chi connectivity index (χ1) is 9.33. The fourth-order valence-corrected chi connectivity index (χ4v) is 2.46. The molecular weight excluding hydrogens is 244 g/mol. The number of carbonyl (C=O) groups excluding carboxylic acids is 1. The van der Waals surface area contributed by atoms with E-state index in [1.807, 2.05) is 0 Å². The summed E-state index contributed by atoms with van der Waals surface area (Å²) in [5, 5.41) is 6.66. The van der Waals surface area contributed by atoms with Crippen LogP contribution in [0.1, 0.15) is 32.1 Å². The predicted octanol–water partition coefficient (Wildman–Crippen LogP) is 3.45. The molecule has 0 aliphatic heterocycles. The largest absolute Gasteiger partial charge is 0.463 e. The minimum atomic E-state index is 0.0295. The fraction of sp³-hybridized carbons (Fsp3) is 0.429. The second-order valence-electron chi connectivity index (χ2n) is 4.88. The highest BCUT2D eigenvalue weighted by Crippen LogP contribution is 2.26. The van der Waals surface area contributed by atoms with Gasteiger partial charge in [0, 0.05) is 12.0 Å². The molecule has 1 N–H and O–H groups in total. The summed E-state index contributed by atoms with van der Waals surface area (Å²) < 4.78 is 10.3. The Balaban J connectivity index is 1.65. The summed E-state index contributed by atoms with van der Waals surface area (Å²) in [7, 11) is 0. The Labute approximate surface area is 111 Å². The molecule has 0 radical (unpaired) electrons. The number of nitrogens with zero attached hydrogens (tertiary/aromatic N) is 1. The average molecular weight is 260 g/mol. The SMILES string of the molecule is O=C(Nc1cc(-c2ccco2)no1)C1CCCCC1. The molecule has 5 nitrogen and oxygen atoms in total. The molecule has 1 aliphatic rings. The van der Waals surface area contributed by atoms with Crippen LogP contribution in [0.5, 0.6) is 0 Å². The Morgan fingerprint density at radius 1 is 1.32 bits per heavy atom. The molecule has 1 saturated carbocycles. The second-order valence-corrected chi connectivity index (χ2v) is 4.88. The lowest BCUT2D eigenvalue weighted by molar-refractivity contribution is -0.120. The van der Waals surface area contributed by atoms with E-state index in [1.54, 1.807) is 24.5 Å². The van der Waals surface area contributed by atoms with E-state index in [0.717, 1.165) is 25.7 Å². The zero-order valence-electron chi connectivity index (χ0n) is 10.6. The lowest BCUT2D eigenvalue weighted by atomic mass is 9.89. The fourth-order valence-electron chi connectivity index (χ4n) is 2.46. The van der Waals surface area contributed by atoms with E-state index in [-0.39, 0.29) is 11.8 Å². The molecule has 1 aliphatic carbocycles. The van der Waals surface area contributed by atoms with E-state index in [4.69, 9.17) is 8.94 Å². The van der Waals surface area contributed by atoms with E-state index in [0.29, 0.717) is 17.3 Å². The van der Waals surface area contributed by atoms with Crippen LogP contribution >= 0.6 is 0 Å². The Hall–Kier alpha value is -2.04. The van der Waals surface area contributed by atoms with Crippen LogP contribution in [0.4, 0.5) is 5.88 Å². The van der Waals surface area contributed by atoms with Crippen LogP contribution in [0.3, 0.4) is 0 Å². The van der Waals surface area contributed by atoms with Crippen molar-refractivity contribution in [1.29, 1.82) is 0 Å². The third-order valence-electron chi connectivity index (χ3n) is 3.51. The summed E-state index contributed by atoms with van der Waals surface area (Å²) in [5.41, 5.74) is 0.587. The van der Waals surface area contributed by atoms with E-state index in [9.17, 15) is 4.79 Å². The molecule has 0 spiro atoms. The van der Waals surface area contributed by atoms with Crippen molar-refractivity contribution in [3.05, 3.63) is 24.5 Å². The summed E-state index contributed by atoms with van der Waals surface area (Å²) in [6, 6.07) is 5.26. The average Bonchev–Trinajstić information content (AvgIpc) is 3.10.